The second kappa shape index (κ2) is 57.0. The Kier molecular flexibility index (Phi) is 58.1. The first-order valence-corrected chi connectivity index (χ1v) is 38.2. The second-order valence-electron chi connectivity index (χ2n) is 31.4. The summed E-state index contributed by atoms with van der Waals surface area (Å²) < 4.78 is 47.0. The summed E-state index contributed by atoms with van der Waals surface area (Å²) in [6, 6.07) is 8.91. The molecule has 1 unspecified atom stereocenters. The maximum absolute atomic E-state index is 14.0. The molecule has 119 heavy (non-hydrogen) atoms. The van der Waals surface area contributed by atoms with E-state index in [4.69, 9.17) is 316 Å². The van der Waals surface area contributed by atoms with E-state index in [-0.39, 0.29) is 81.0 Å². The van der Waals surface area contributed by atoms with Gasteiger partial charge in [0.1, 0.15) is 5.57 Å². The van der Waals surface area contributed by atoms with Crippen molar-refractivity contribution in [3.05, 3.63) is 71.2 Å². The van der Waals surface area contributed by atoms with Crippen molar-refractivity contribution in [2.45, 2.75) is 57.7 Å². The Balaban J connectivity index is 0.00000262. The molecule has 79 radical (unpaired) electrons. The molecule has 455 valence electrons. The minimum absolute atomic E-state index is 0. The number of hydrogen-bond donors (Lipinski definition) is 1. The molecule has 0 spiro atoms. The van der Waals surface area contributed by atoms with Gasteiger partial charge < -0.3 is 47.5 Å². The van der Waals surface area contributed by atoms with Crippen LogP contribution in [0.25, 0.3) is 6.08 Å². The van der Waals surface area contributed by atoms with Crippen LogP contribution in [0.15, 0.2) is 42.0 Å². The Hall–Kier alpha value is 2.30. The summed E-state index contributed by atoms with van der Waals surface area (Å²) in [4.78, 5) is 34.8. The van der Waals surface area contributed by atoms with Gasteiger partial charge in [-0.1, -0.05) is 24.3 Å². The third-order valence-corrected chi connectivity index (χ3v) is 22.4. The van der Waals surface area contributed by atoms with Crippen molar-refractivity contribution in [3.8, 4) is 11.5 Å². The van der Waals surface area contributed by atoms with E-state index in [1.54, 1.807) is 12.1 Å². The molecule has 1 aliphatic heterocycles. The maximum atomic E-state index is 14.0. The summed E-state index contributed by atoms with van der Waals surface area (Å²) in [5, 5.41) is 9.35. The van der Waals surface area contributed by atoms with Gasteiger partial charge in [0, 0.05) is 570 Å². The van der Waals surface area contributed by atoms with Gasteiger partial charge in [0.2, 0.25) is 0 Å². The number of phenols is 1. The number of aromatic hydroxyl groups is 1. The van der Waals surface area contributed by atoms with Crippen LogP contribution in [0.2, 0.25) is 0 Å². The van der Waals surface area contributed by atoms with Gasteiger partial charge in [0.25, 0.3) is 5.79 Å². The Morgan fingerprint density at radius 1 is 0.454 bits per heavy atom. The number of benzene rings is 2. The predicted molar refractivity (Wildman–Crippen MR) is 590 cm³/mol. The zero-order chi connectivity index (χ0) is 90.5. The van der Waals surface area contributed by atoms with Crippen LogP contribution in [0.4, 0.5) is 8.78 Å². The molecule has 1 saturated heterocycles. The molecule has 3 aliphatic rings. The zero-order valence-electron chi connectivity index (χ0n) is 68.4. The minimum atomic E-state index is -1.84. The molecule has 1 heterocycles. The average molecular weight is 1500 g/mol. The van der Waals surface area contributed by atoms with Gasteiger partial charge in [-0.15, -0.1) is 0 Å². The van der Waals surface area contributed by atoms with Gasteiger partial charge in [-0.3, -0.25) is 4.79 Å². The minimum Gasteiger partial charge on any atom is -1.00 e. The largest absolute Gasteiger partial charge is 2.00 e. The van der Waals surface area contributed by atoms with Gasteiger partial charge in [-0.05, 0) is 42.5 Å². The van der Waals surface area contributed by atoms with E-state index < -0.39 is 266 Å². The Bertz CT molecular complexity index is 3070. The summed E-state index contributed by atoms with van der Waals surface area (Å²) in [5.41, 5.74) is 0.0855. The number of halogens is 3. The van der Waals surface area contributed by atoms with Crippen LogP contribution in [0, 0.1) is 24.0 Å². The number of ether oxygens (including phenoxy) is 4. The topological polar surface area (TPSA) is 108 Å². The van der Waals surface area contributed by atoms with Gasteiger partial charge >= 0.3 is 41.0 Å². The molecule has 0 aromatic heterocycles. The zero-order valence-corrected chi connectivity index (χ0v) is 71.4. The average Bonchev–Trinajstić information content (AvgIpc) is 1.06. The number of hydrogen-bond acceptors (Lipinski definition) is 8. The van der Waals surface area contributed by atoms with E-state index in [2.05, 4.69) is 11.2 Å². The molecule has 2 aromatic rings. The normalized spacial score (nSPS) is 12.2. The summed E-state index contributed by atoms with van der Waals surface area (Å²) in [6.07, 6.45) is -51.9. The van der Waals surface area contributed by atoms with Crippen LogP contribution < -0.4 is 21.7 Å². The van der Waals surface area contributed by atoms with Gasteiger partial charge in [0.15, 0.2) is 23.1 Å². The van der Waals surface area contributed by atoms with Crippen molar-refractivity contribution in [1.82, 2.24) is 0 Å². The van der Waals surface area contributed by atoms with Crippen molar-refractivity contribution in [2.24, 2.45) is 5.92 Å². The van der Waals surface area contributed by atoms with Crippen LogP contribution in [-0.4, -0.2) is 611 Å². The second-order valence-corrected chi connectivity index (χ2v) is 31.4. The molecule has 5 rings (SSSR count). The fraction of sp³-hybridized carbons (Fsp3) is 0.400. The fourth-order valence-corrected chi connectivity index (χ4v) is 17.4. The van der Waals surface area contributed by atoms with Crippen molar-refractivity contribution in [1.29, 1.82) is 0 Å². The number of carbonyl (C=O) groups is 3. The molecule has 2 aliphatic carbocycles. The molecule has 2 aromatic carbocycles. The number of esters is 3. The van der Waals surface area contributed by atoms with Crippen molar-refractivity contribution >= 4 is 592 Å². The monoisotopic (exact) mass is 1510 g/mol. The number of cyclic esters (lactones) is 2. The van der Waals surface area contributed by atoms with E-state index in [1.807, 2.05) is 0 Å². The summed E-state index contributed by atoms with van der Waals surface area (Å²) in [6.45, 7) is 2.87. The van der Waals surface area contributed by atoms with Gasteiger partial charge in [-0.25, -0.2) is 31.2 Å². The van der Waals surface area contributed by atoms with E-state index in [0.717, 1.165) is 26.0 Å². The predicted octanol–water partition coefficient (Wildman–Crippen LogP) is -27.1. The van der Waals surface area contributed by atoms with Crippen molar-refractivity contribution < 1.29 is 64.2 Å². The fourth-order valence-electron chi connectivity index (χ4n) is 17.4. The van der Waals surface area contributed by atoms with Crippen LogP contribution in [0.1, 0.15) is 63.0 Å². The van der Waals surface area contributed by atoms with E-state index in [9.17, 15) is 28.3 Å². The first-order chi connectivity index (χ1) is 54.0. The van der Waals surface area contributed by atoms with Crippen LogP contribution >= 0.6 is 0 Å². The van der Waals surface area contributed by atoms with E-state index in [0.29, 0.717) is 11.5 Å². The molecular formula is C30H33B77BrF2MgO8. The quantitative estimate of drug-likeness (QED) is 0.0230. The summed E-state index contributed by atoms with van der Waals surface area (Å²) in [7, 11) is 270. The molecule has 2 saturated carbocycles. The smallest absolute Gasteiger partial charge is 1.00 e. The molecule has 0 bridgehead atoms. The van der Waals surface area contributed by atoms with Crippen LogP contribution in [0.3, 0.4) is 0 Å². The van der Waals surface area contributed by atoms with E-state index >= 15 is 0 Å². The van der Waals surface area contributed by atoms with Gasteiger partial charge in [-0.2, -0.15) is 0 Å². The molecule has 1 N–H and O–H groups in total. The Morgan fingerprint density at radius 2 is 0.714 bits per heavy atom. The third-order valence-electron chi connectivity index (χ3n) is 22.4. The van der Waals surface area contributed by atoms with Crippen LogP contribution in [-0.2, 0) is 28.6 Å². The molecule has 8 nitrogen and oxygen atoms in total. The Labute approximate surface area is 808 Å². The summed E-state index contributed by atoms with van der Waals surface area (Å²) in [5.74, 6) is -4.87. The third kappa shape index (κ3) is 35.3. The number of carbonyl (C=O) groups excluding carboxylic acids is 3. The molecular weight excluding hydrogens is 1460 g/mol. The first kappa shape index (κ1) is 121. The summed E-state index contributed by atoms with van der Waals surface area (Å²) >= 11 is 0. The molecule has 0 amide bonds. The SMILES string of the molecule is COC(=O)CC(c1cccc(O)c1F)C1CC1.COc1cccc(C=C2C(=O)OC(C)(C)OC2=O)c1F.[B][B]B(B([B])[B])B(B(B([B])[B])B([B])[B])B(B(B(B([B])[B])B([B])[B])B(B([B])[B])B([B])[B])B(B(B(B([B])[B])B([B])[B])B(B([B])[B])B([B])[B])B(B(B(B([B])[B])B([B])[B])B(B([B])[B])B([B])[B])B(B(B([B])[B])B([B])[B])B(B([B])[B])B([B])[B].[Br-].[CH-]1CC1.[Mg+2]. The van der Waals surface area contributed by atoms with Crippen LogP contribution in [0.5, 0.6) is 11.5 Å². The maximum Gasteiger partial charge on any atom is 2.00 e. The molecule has 3 fully saturated rings. The molecule has 89 heteroatoms. The van der Waals surface area contributed by atoms with Crippen molar-refractivity contribution in [2.75, 3.05) is 14.2 Å². The first-order valence-electron chi connectivity index (χ1n) is 38.2. The number of rotatable bonds is 43. The Morgan fingerprint density at radius 3 is 0.950 bits per heavy atom. The molecule has 1 atom stereocenters. The number of phenolic OH excluding ortho intramolecular Hbond substituents is 1. The standard InChI is InChI=1S/C14H13FO5.C13H15FO3.C3H5.B77.BrH.Mg/c1-14(2)19-12(16)9(13(17)20-14)7-8-5-4-6-10(18-3)11(8)15;1-17-12(16)7-10(8-5-6-8)9-3-2-4-11(15)13(9)14;1-2-3-1;1-40-60(41(2)3)70(61(42(4)5)43(6)7)75(71(62(44(8)9)45(10)11)63(46(12)13)47(14)15)77(74(68(56(32)33)57(34)35)69(58(36)37)59(38)39)76(72(64(48(16)17)49(18)19)65(50(20)21)51(22)23)73(66(52(24)25)53(26)27)67(54(28)29)55(30)31;;/h4-7H,1-3H3;2-4,8,10,15H,5-7H2,1H3;1H,2-3H2;;1H;/q;;-1;;;+2/p-1. The van der Waals surface area contributed by atoms with E-state index in [1.165, 1.54) is 65.2 Å². The van der Waals surface area contributed by atoms with Gasteiger partial charge in [0.05, 0.1) is 20.6 Å². The van der Waals surface area contributed by atoms with Crippen molar-refractivity contribution in [3.63, 3.8) is 0 Å². The number of methoxy groups -OCH3 is 2.